The van der Waals surface area contributed by atoms with Gasteiger partial charge in [-0.2, -0.15) is 0 Å². The summed E-state index contributed by atoms with van der Waals surface area (Å²) in [6.07, 6.45) is 1.45. The van der Waals surface area contributed by atoms with E-state index in [4.69, 9.17) is 9.15 Å². The van der Waals surface area contributed by atoms with Crippen LogP contribution in [-0.4, -0.2) is 18.4 Å². The number of hydrogen-bond donors (Lipinski definition) is 0. The summed E-state index contributed by atoms with van der Waals surface area (Å²) in [4.78, 5) is 24.0. The standard InChI is InChI=1S/C13H18O4/c1-5-16-13(15)11(8(2)3)12(14)10-6-7-17-9(10)4/h6-8,11H,5H2,1-4H3. The number of carbonyl (C=O) groups excluding carboxylic acids is 2. The van der Waals surface area contributed by atoms with E-state index in [2.05, 4.69) is 0 Å². The molecule has 1 aromatic rings. The number of aryl methyl sites for hydroxylation is 1. The lowest BCUT2D eigenvalue weighted by Gasteiger charge is -2.17. The molecule has 0 spiro atoms. The minimum absolute atomic E-state index is 0.101. The molecule has 0 aliphatic rings. The average Bonchev–Trinajstić information content (AvgIpc) is 2.64. The van der Waals surface area contributed by atoms with Gasteiger partial charge in [-0.25, -0.2) is 0 Å². The minimum Gasteiger partial charge on any atom is -0.469 e. The van der Waals surface area contributed by atoms with Gasteiger partial charge in [0.1, 0.15) is 11.7 Å². The van der Waals surface area contributed by atoms with Crippen molar-refractivity contribution in [1.82, 2.24) is 0 Å². The number of Topliss-reactive ketones (excluding diaryl/α,β-unsaturated/α-hetero) is 1. The summed E-state index contributed by atoms with van der Waals surface area (Å²) in [5.41, 5.74) is 0.455. The summed E-state index contributed by atoms with van der Waals surface area (Å²) in [6, 6.07) is 1.59. The normalized spacial score (nSPS) is 12.5. The summed E-state index contributed by atoms with van der Waals surface area (Å²) in [6.45, 7) is 7.36. The second-order valence-electron chi connectivity index (χ2n) is 4.23. The van der Waals surface area contributed by atoms with Crippen molar-refractivity contribution in [3.63, 3.8) is 0 Å². The van der Waals surface area contributed by atoms with E-state index in [1.165, 1.54) is 6.26 Å². The number of hydrogen-bond acceptors (Lipinski definition) is 4. The molecule has 0 aromatic carbocycles. The lowest BCUT2D eigenvalue weighted by Crippen LogP contribution is -2.30. The Morgan fingerprint density at radius 3 is 2.47 bits per heavy atom. The van der Waals surface area contributed by atoms with Crippen LogP contribution in [-0.2, 0) is 9.53 Å². The van der Waals surface area contributed by atoms with E-state index in [1.807, 2.05) is 13.8 Å². The Bertz CT molecular complexity index is 403. The van der Waals surface area contributed by atoms with Gasteiger partial charge in [-0.1, -0.05) is 13.8 Å². The zero-order chi connectivity index (χ0) is 13.0. The molecule has 1 aromatic heterocycles. The molecule has 0 saturated carbocycles. The van der Waals surface area contributed by atoms with Gasteiger partial charge in [0.05, 0.1) is 18.4 Å². The van der Waals surface area contributed by atoms with Crippen molar-refractivity contribution in [2.45, 2.75) is 27.7 Å². The molecule has 94 valence electrons. The molecule has 0 amide bonds. The van der Waals surface area contributed by atoms with Crippen molar-refractivity contribution in [2.24, 2.45) is 11.8 Å². The molecule has 0 fully saturated rings. The van der Waals surface area contributed by atoms with Crippen LogP contribution in [0.1, 0.15) is 36.9 Å². The average molecular weight is 238 g/mol. The summed E-state index contributed by atoms with van der Waals surface area (Å²) >= 11 is 0. The van der Waals surface area contributed by atoms with Crippen LogP contribution in [0.3, 0.4) is 0 Å². The molecule has 1 atom stereocenters. The highest BCUT2D eigenvalue weighted by Gasteiger charge is 2.33. The summed E-state index contributed by atoms with van der Waals surface area (Å²) in [5, 5.41) is 0. The topological polar surface area (TPSA) is 56.5 Å². The maximum atomic E-state index is 12.2. The van der Waals surface area contributed by atoms with Gasteiger partial charge in [0.2, 0.25) is 0 Å². The Kier molecular flexibility index (Phi) is 4.49. The van der Waals surface area contributed by atoms with E-state index in [-0.39, 0.29) is 18.3 Å². The second-order valence-corrected chi connectivity index (χ2v) is 4.23. The highest BCUT2D eigenvalue weighted by Crippen LogP contribution is 2.21. The van der Waals surface area contributed by atoms with Crippen LogP contribution in [0.15, 0.2) is 16.7 Å². The van der Waals surface area contributed by atoms with E-state index in [0.29, 0.717) is 11.3 Å². The van der Waals surface area contributed by atoms with Crippen molar-refractivity contribution in [1.29, 1.82) is 0 Å². The maximum Gasteiger partial charge on any atom is 0.317 e. The molecule has 17 heavy (non-hydrogen) atoms. The number of carbonyl (C=O) groups is 2. The number of ether oxygens (including phenoxy) is 1. The van der Waals surface area contributed by atoms with Gasteiger partial charge in [0.25, 0.3) is 0 Å². The SMILES string of the molecule is CCOC(=O)C(C(=O)c1ccoc1C)C(C)C. The number of rotatable bonds is 5. The van der Waals surface area contributed by atoms with Crippen LogP contribution in [0, 0.1) is 18.8 Å². The van der Waals surface area contributed by atoms with Gasteiger partial charge in [0, 0.05) is 0 Å². The highest BCUT2D eigenvalue weighted by atomic mass is 16.5. The Morgan fingerprint density at radius 2 is 2.06 bits per heavy atom. The van der Waals surface area contributed by atoms with Gasteiger partial charge >= 0.3 is 5.97 Å². The molecular weight excluding hydrogens is 220 g/mol. The third-order valence-corrected chi connectivity index (χ3v) is 2.61. The van der Waals surface area contributed by atoms with E-state index in [1.54, 1.807) is 19.9 Å². The monoisotopic (exact) mass is 238 g/mol. The molecule has 0 bridgehead atoms. The Morgan fingerprint density at radius 1 is 1.41 bits per heavy atom. The van der Waals surface area contributed by atoms with Crippen LogP contribution in [0.25, 0.3) is 0 Å². The molecule has 0 radical (unpaired) electrons. The number of furan rings is 1. The van der Waals surface area contributed by atoms with E-state index < -0.39 is 11.9 Å². The molecular formula is C13H18O4. The van der Waals surface area contributed by atoms with Gasteiger partial charge in [-0.3, -0.25) is 9.59 Å². The quantitative estimate of drug-likeness (QED) is 0.449. The molecule has 4 heteroatoms. The Labute approximate surface area is 101 Å². The fourth-order valence-corrected chi connectivity index (χ4v) is 1.72. The van der Waals surface area contributed by atoms with Crippen LogP contribution >= 0.6 is 0 Å². The smallest absolute Gasteiger partial charge is 0.317 e. The van der Waals surface area contributed by atoms with Crippen molar-refractivity contribution in [2.75, 3.05) is 6.61 Å². The summed E-state index contributed by atoms with van der Waals surface area (Å²) < 4.78 is 10.0. The first-order chi connectivity index (χ1) is 7.99. The lowest BCUT2D eigenvalue weighted by molar-refractivity contribution is -0.147. The molecule has 0 saturated heterocycles. The molecule has 4 nitrogen and oxygen atoms in total. The van der Waals surface area contributed by atoms with Crippen molar-refractivity contribution in [3.8, 4) is 0 Å². The van der Waals surface area contributed by atoms with Gasteiger partial charge in [-0.05, 0) is 25.8 Å². The second kappa shape index (κ2) is 5.66. The highest BCUT2D eigenvalue weighted by molar-refractivity contribution is 6.09. The summed E-state index contributed by atoms with van der Waals surface area (Å²) in [5.74, 6) is -1.02. The van der Waals surface area contributed by atoms with Crippen LogP contribution in [0.4, 0.5) is 0 Å². The first-order valence-electron chi connectivity index (χ1n) is 5.74. The molecule has 0 aliphatic heterocycles. The van der Waals surface area contributed by atoms with E-state index >= 15 is 0 Å². The van der Waals surface area contributed by atoms with Gasteiger partial charge < -0.3 is 9.15 Å². The molecule has 0 N–H and O–H groups in total. The van der Waals surface area contributed by atoms with E-state index in [9.17, 15) is 9.59 Å². The Hall–Kier alpha value is -1.58. The first-order valence-corrected chi connectivity index (χ1v) is 5.74. The fraction of sp³-hybridized carbons (Fsp3) is 0.538. The summed E-state index contributed by atoms with van der Waals surface area (Å²) in [7, 11) is 0. The molecule has 0 aliphatic carbocycles. The van der Waals surface area contributed by atoms with Crippen LogP contribution < -0.4 is 0 Å². The van der Waals surface area contributed by atoms with Crippen LogP contribution in [0.2, 0.25) is 0 Å². The predicted molar refractivity (Wildman–Crippen MR) is 62.7 cm³/mol. The number of ketones is 1. The fourth-order valence-electron chi connectivity index (χ4n) is 1.72. The van der Waals surface area contributed by atoms with Gasteiger partial charge in [-0.15, -0.1) is 0 Å². The molecule has 1 unspecified atom stereocenters. The predicted octanol–water partition coefficient (Wildman–Crippen LogP) is 2.61. The Balaban J connectivity index is 2.96. The van der Waals surface area contributed by atoms with Crippen molar-refractivity contribution in [3.05, 3.63) is 23.7 Å². The zero-order valence-corrected chi connectivity index (χ0v) is 10.6. The van der Waals surface area contributed by atoms with Gasteiger partial charge in [0.15, 0.2) is 5.78 Å². The third-order valence-electron chi connectivity index (χ3n) is 2.61. The minimum atomic E-state index is -0.758. The third kappa shape index (κ3) is 2.96. The largest absolute Gasteiger partial charge is 0.469 e. The zero-order valence-electron chi connectivity index (χ0n) is 10.6. The maximum absolute atomic E-state index is 12.2. The first kappa shape index (κ1) is 13.5. The number of esters is 1. The molecule has 1 rings (SSSR count). The lowest BCUT2D eigenvalue weighted by atomic mass is 9.88. The van der Waals surface area contributed by atoms with Crippen molar-refractivity contribution >= 4 is 11.8 Å². The van der Waals surface area contributed by atoms with Crippen LogP contribution in [0.5, 0.6) is 0 Å². The molecule has 1 heterocycles. The van der Waals surface area contributed by atoms with E-state index in [0.717, 1.165) is 0 Å². The van der Waals surface area contributed by atoms with Crippen molar-refractivity contribution < 1.29 is 18.7 Å².